The van der Waals surface area contributed by atoms with Gasteiger partial charge >= 0.3 is 0 Å². The van der Waals surface area contributed by atoms with Crippen LogP contribution in [0.4, 0.5) is 0 Å². The number of ether oxygens (including phenoxy) is 2. The molecule has 0 atom stereocenters. The van der Waals surface area contributed by atoms with Crippen LogP contribution in [0.1, 0.15) is 11.3 Å². The molecule has 2 aromatic rings. The molecule has 18 heavy (non-hydrogen) atoms. The fraction of sp³-hybridized carbons (Fsp3) is 0.143. The minimum atomic E-state index is 0.227. The van der Waals surface area contributed by atoms with Crippen LogP contribution in [0.2, 0.25) is 0 Å². The number of nitrogens with zero attached hydrogens (tertiary/aromatic N) is 2. The molecule has 0 bridgehead atoms. The van der Waals surface area contributed by atoms with Crippen molar-refractivity contribution in [3.63, 3.8) is 0 Å². The van der Waals surface area contributed by atoms with E-state index >= 15 is 0 Å². The highest BCUT2D eigenvalue weighted by molar-refractivity contribution is 5.39. The molecule has 0 saturated carbocycles. The van der Waals surface area contributed by atoms with Crippen LogP contribution in [-0.2, 0) is 6.61 Å². The summed E-state index contributed by atoms with van der Waals surface area (Å²) in [6.07, 6.45) is 0. The number of rotatable bonds is 4. The van der Waals surface area contributed by atoms with Crippen molar-refractivity contribution in [3.05, 3.63) is 53.7 Å². The molecule has 90 valence electrons. The van der Waals surface area contributed by atoms with Crippen molar-refractivity contribution in [2.45, 2.75) is 6.61 Å². The first-order chi connectivity index (χ1) is 8.83. The average molecular weight is 240 g/mol. The van der Waals surface area contributed by atoms with E-state index in [0.717, 1.165) is 5.56 Å². The molecular formula is C14H12N2O2. The Morgan fingerprint density at radius 1 is 1.17 bits per heavy atom. The SMILES string of the molecule is COc1ccc(OCc2ccccc2)c(C#N)n1. The standard InChI is InChI=1S/C14H12N2O2/c1-17-14-8-7-13(12(9-15)16-14)18-10-11-5-3-2-4-6-11/h2-8H,10H2,1H3. The maximum absolute atomic E-state index is 8.99. The van der Waals surface area contributed by atoms with E-state index in [1.165, 1.54) is 7.11 Å². The zero-order valence-corrected chi connectivity index (χ0v) is 9.96. The normalized spacial score (nSPS) is 9.56. The number of nitriles is 1. The highest BCUT2D eigenvalue weighted by Crippen LogP contribution is 2.20. The van der Waals surface area contributed by atoms with E-state index in [1.807, 2.05) is 36.4 Å². The van der Waals surface area contributed by atoms with Gasteiger partial charge in [-0.05, 0) is 11.6 Å². The summed E-state index contributed by atoms with van der Waals surface area (Å²) in [5.41, 5.74) is 1.27. The summed E-state index contributed by atoms with van der Waals surface area (Å²) in [7, 11) is 1.51. The first-order valence-corrected chi connectivity index (χ1v) is 5.45. The zero-order valence-electron chi connectivity index (χ0n) is 9.96. The van der Waals surface area contributed by atoms with Crippen molar-refractivity contribution in [1.82, 2.24) is 4.98 Å². The van der Waals surface area contributed by atoms with E-state index in [1.54, 1.807) is 12.1 Å². The maximum Gasteiger partial charge on any atom is 0.214 e. The van der Waals surface area contributed by atoms with E-state index in [0.29, 0.717) is 18.2 Å². The third-order valence-corrected chi connectivity index (χ3v) is 2.38. The maximum atomic E-state index is 8.99. The second-order valence-electron chi connectivity index (χ2n) is 3.59. The Morgan fingerprint density at radius 2 is 1.94 bits per heavy atom. The molecule has 1 aromatic carbocycles. The molecule has 0 unspecified atom stereocenters. The van der Waals surface area contributed by atoms with Crippen LogP contribution in [0.15, 0.2) is 42.5 Å². The molecule has 0 aliphatic carbocycles. The number of methoxy groups -OCH3 is 1. The first kappa shape index (κ1) is 11.9. The number of aromatic nitrogens is 1. The van der Waals surface area contributed by atoms with Gasteiger partial charge < -0.3 is 9.47 Å². The van der Waals surface area contributed by atoms with Crippen molar-refractivity contribution >= 4 is 0 Å². The van der Waals surface area contributed by atoms with Gasteiger partial charge in [-0.25, -0.2) is 0 Å². The number of hydrogen-bond donors (Lipinski definition) is 0. The molecule has 0 fully saturated rings. The van der Waals surface area contributed by atoms with Gasteiger partial charge in [0.15, 0.2) is 11.4 Å². The molecule has 4 heteroatoms. The lowest BCUT2D eigenvalue weighted by Gasteiger charge is -2.08. The molecule has 1 aromatic heterocycles. The monoisotopic (exact) mass is 240 g/mol. The van der Waals surface area contributed by atoms with Crippen LogP contribution in [-0.4, -0.2) is 12.1 Å². The lowest BCUT2D eigenvalue weighted by atomic mass is 10.2. The minimum Gasteiger partial charge on any atom is -0.486 e. The van der Waals surface area contributed by atoms with Crippen LogP contribution in [0.3, 0.4) is 0 Å². The van der Waals surface area contributed by atoms with Gasteiger partial charge in [-0.1, -0.05) is 30.3 Å². The molecule has 0 aliphatic rings. The first-order valence-electron chi connectivity index (χ1n) is 5.45. The largest absolute Gasteiger partial charge is 0.486 e. The lowest BCUT2D eigenvalue weighted by molar-refractivity contribution is 0.302. The Morgan fingerprint density at radius 3 is 2.61 bits per heavy atom. The highest BCUT2D eigenvalue weighted by Gasteiger charge is 2.07. The summed E-state index contributed by atoms with van der Waals surface area (Å²) >= 11 is 0. The summed E-state index contributed by atoms with van der Waals surface area (Å²) in [6.45, 7) is 0.406. The highest BCUT2D eigenvalue weighted by atomic mass is 16.5. The van der Waals surface area contributed by atoms with Gasteiger partial charge in [0.1, 0.15) is 12.7 Å². The fourth-order valence-corrected chi connectivity index (χ4v) is 1.47. The van der Waals surface area contributed by atoms with Crippen LogP contribution in [0, 0.1) is 11.3 Å². The Labute approximate surface area is 105 Å². The van der Waals surface area contributed by atoms with E-state index in [2.05, 4.69) is 4.98 Å². The Bertz CT molecular complexity index is 562. The predicted octanol–water partition coefficient (Wildman–Crippen LogP) is 2.54. The number of hydrogen-bond acceptors (Lipinski definition) is 4. The van der Waals surface area contributed by atoms with Gasteiger partial charge in [-0.2, -0.15) is 10.2 Å². The smallest absolute Gasteiger partial charge is 0.214 e. The van der Waals surface area contributed by atoms with E-state index in [4.69, 9.17) is 14.7 Å². The molecular weight excluding hydrogens is 228 g/mol. The van der Waals surface area contributed by atoms with Crippen molar-refractivity contribution in [3.8, 4) is 17.7 Å². The number of pyridine rings is 1. The van der Waals surface area contributed by atoms with Crippen LogP contribution >= 0.6 is 0 Å². The Kier molecular flexibility index (Phi) is 3.77. The summed E-state index contributed by atoms with van der Waals surface area (Å²) < 4.78 is 10.5. The van der Waals surface area contributed by atoms with E-state index in [9.17, 15) is 0 Å². The molecule has 0 radical (unpaired) electrons. The molecule has 0 amide bonds. The summed E-state index contributed by atoms with van der Waals surface area (Å²) in [4.78, 5) is 4.01. The fourth-order valence-electron chi connectivity index (χ4n) is 1.47. The zero-order chi connectivity index (χ0) is 12.8. The van der Waals surface area contributed by atoms with Crippen molar-refractivity contribution in [1.29, 1.82) is 5.26 Å². The molecule has 0 N–H and O–H groups in total. The topological polar surface area (TPSA) is 55.1 Å². The molecule has 0 saturated heterocycles. The van der Waals surface area contributed by atoms with E-state index < -0.39 is 0 Å². The van der Waals surface area contributed by atoms with Gasteiger partial charge in [0, 0.05) is 6.07 Å². The van der Waals surface area contributed by atoms with E-state index in [-0.39, 0.29) is 5.69 Å². The van der Waals surface area contributed by atoms with Gasteiger partial charge in [0.05, 0.1) is 7.11 Å². The summed E-state index contributed by atoms with van der Waals surface area (Å²) in [5, 5.41) is 8.99. The predicted molar refractivity (Wildman–Crippen MR) is 66.3 cm³/mol. The third kappa shape index (κ3) is 2.77. The summed E-state index contributed by atoms with van der Waals surface area (Å²) in [5.74, 6) is 0.862. The van der Waals surface area contributed by atoms with Gasteiger partial charge in [-0.3, -0.25) is 0 Å². The van der Waals surface area contributed by atoms with Gasteiger partial charge in [0.25, 0.3) is 0 Å². The quantitative estimate of drug-likeness (QED) is 0.824. The third-order valence-electron chi connectivity index (χ3n) is 2.38. The summed E-state index contributed by atoms with van der Waals surface area (Å²) in [6, 6.07) is 15.1. The molecule has 0 aliphatic heterocycles. The second kappa shape index (κ2) is 5.69. The average Bonchev–Trinajstić information content (AvgIpc) is 2.46. The van der Waals surface area contributed by atoms with Crippen molar-refractivity contribution in [2.75, 3.05) is 7.11 Å². The Balaban J connectivity index is 2.12. The van der Waals surface area contributed by atoms with Crippen LogP contribution in [0.25, 0.3) is 0 Å². The number of benzene rings is 1. The van der Waals surface area contributed by atoms with Gasteiger partial charge in [-0.15, -0.1) is 0 Å². The van der Waals surface area contributed by atoms with Crippen LogP contribution < -0.4 is 9.47 Å². The second-order valence-corrected chi connectivity index (χ2v) is 3.59. The Hall–Kier alpha value is -2.54. The molecule has 4 nitrogen and oxygen atoms in total. The lowest BCUT2D eigenvalue weighted by Crippen LogP contribution is -1.99. The molecule has 2 rings (SSSR count). The molecule has 1 heterocycles. The molecule has 0 spiro atoms. The van der Waals surface area contributed by atoms with Crippen molar-refractivity contribution in [2.24, 2.45) is 0 Å². The minimum absolute atomic E-state index is 0.227. The van der Waals surface area contributed by atoms with Crippen molar-refractivity contribution < 1.29 is 9.47 Å². The van der Waals surface area contributed by atoms with Crippen LogP contribution in [0.5, 0.6) is 11.6 Å². The van der Waals surface area contributed by atoms with Gasteiger partial charge in [0.2, 0.25) is 5.88 Å².